The molecule has 31 heavy (non-hydrogen) atoms. The Hall–Kier alpha value is -3.51. The summed E-state index contributed by atoms with van der Waals surface area (Å²) in [6, 6.07) is 18.5. The third-order valence-corrected chi connectivity index (χ3v) is 5.82. The standard InChI is InChI=1S/C25H26N4O2/c1-29(25(31)22-11-10-17-4-2-3-5-21(17)22)16-23(26)18-6-8-19(9-7-18)24(30)28-20-12-14-27-15-13-20/h2-9,12-15,22-23H,10-11,16,26H2,1H3,(H,27,28,30). The van der Waals surface area contributed by atoms with Gasteiger partial charge in [-0.3, -0.25) is 14.6 Å². The highest BCUT2D eigenvalue weighted by Crippen LogP contribution is 2.34. The van der Waals surface area contributed by atoms with Crippen molar-refractivity contribution >= 4 is 17.5 Å². The first-order chi connectivity index (χ1) is 15.0. The normalized spacial score (nSPS) is 15.7. The van der Waals surface area contributed by atoms with Crippen LogP contribution in [0.25, 0.3) is 0 Å². The van der Waals surface area contributed by atoms with Crippen LogP contribution in [0.4, 0.5) is 5.69 Å². The first-order valence-corrected chi connectivity index (χ1v) is 10.4. The molecule has 0 fully saturated rings. The molecular formula is C25H26N4O2. The molecule has 4 rings (SSSR count). The Morgan fingerprint density at radius 2 is 1.81 bits per heavy atom. The Labute approximate surface area is 182 Å². The highest BCUT2D eigenvalue weighted by atomic mass is 16.2. The number of nitrogens with one attached hydrogen (secondary N) is 1. The van der Waals surface area contributed by atoms with Crippen LogP contribution in [0, 0.1) is 0 Å². The van der Waals surface area contributed by atoms with Crippen LogP contribution in [0.3, 0.4) is 0 Å². The van der Waals surface area contributed by atoms with Crippen LogP contribution in [-0.2, 0) is 11.2 Å². The number of likely N-dealkylation sites (N-methyl/N-ethyl adjacent to an activating group) is 1. The fraction of sp³-hybridized carbons (Fsp3) is 0.240. The largest absolute Gasteiger partial charge is 0.343 e. The average Bonchev–Trinajstić information content (AvgIpc) is 3.23. The first kappa shape index (κ1) is 20.8. The molecule has 3 N–H and O–H groups in total. The molecule has 158 valence electrons. The van der Waals surface area contributed by atoms with Crippen molar-refractivity contribution in [2.24, 2.45) is 5.73 Å². The fourth-order valence-electron chi connectivity index (χ4n) is 4.09. The van der Waals surface area contributed by atoms with Crippen molar-refractivity contribution in [1.29, 1.82) is 0 Å². The molecule has 0 saturated carbocycles. The van der Waals surface area contributed by atoms with Crippen LogP contribution < -0.4 is 11.1 Å². The minimum absolute atomic E-state index is 0.0901. The number of carbonyl (C=O) groups excluding carboxylic acids is 2. The lowest BCUT2D eigenvalue weighted by Gasteiger charge is -2.25. The summed E-state index contributed by atoms with van der Waals surface area (Å²) in [6.45, 7) is 0.417. The van der Waals surface area contributed by atoms with Crippen molar-refractivity contribution in [1.82, 2.24) is 9.88 Å². The van der Waals surface area contributed by atoms with Gasteiger partial charge in [-0.15, -0.1) is 0 Å². The number of rotatable bonds is 6. The maximum Gasteiger partial charge on any atom is 0.255 e. The average molecular weight is 415 g/mol. The number of aryl methyl sites for hydroxylation is 1. The molecule has 1 aliphatic rings. The number of amides is 2. The number of fused-ring (bicyclic) bond motifs is 1. The molecule has 1 aliphatic carbocycles. The summed E-state index contributed by atoms with van der Waals surface area (Å²) in [7, 11) is 1.81. The molecule has 0 saturated heterocycles. The van der Waals surface area contributed by atoms with E-state index >= 15 is 0 Å². The van der Waals surface area contributed by atoms with Crippen LogP contribution >= 0.6 is 0 Å². The van der Waals surface area contributed by atoms with Crippen molar-refractivity contribution in [2.75, 3.05) is 18.9 Å². The fourth-order valence-corrected chi connectivity index (χ4v) is 4.09. The quantitative estimate of drug-likeness (QED) is 0.646. The van der Waals surface area contributed by atoms with E-state index in [9.17, 15) is 9.59 Å². The Morgan fingerprint density at radius 1 is 1.10 bits per heavy atom. The second kappa shape index (κ2) is 9.10. The molecule has 2 unspecified atom stereocenters. The predicted molar refractivity (Wildman–Crippen MR) is 121 cm³/mol. The van der Waals surface area contributed by atoms with Gasteiger partial charge in [-0.05, 0) is 53.8 Å². The van der Waals surface area contributed by atoms with Crippen LogP contribution in [-0.4, -0.2) is 35.3 Å². The molecule has 0 aliphatic heterocycles. The molecule has 1 heterocycles. The molecule has 3 aromatic rings. The summed E-state index contributed by atoms with van der Waals surface area (Å²) in [5, 5.41) is 2.83. The van der Waals surface area contributed by atoms with Crippen molar-refractivity contribution in [2.45, 2.75) is 24.8 Å². The van der Waals surface area contributed by atoms with Gasteiger partial charge in [-0.25, -0.2) is 0 Å². The maximum absolute atomic E-state index is 13.0. The van der Waals surface area contributed by atoms with Gasteiger partial charge >= 0.3 is 0 Å². The van der Waals surface area contributed by atoms with Gasteiger partial charge in [0.1, 0.15) is 0 Å². The van der Waals surface area contributed by atoms with E-state index in [0.29, 0.717) is 17.8 Å². The molecule has 2 amide bonds. The summed E-state index contributed by atoms with van der Waals surface area (Å²) >= 11 is 0. The van der Waals surface area contributed by atoms with Crippen LogP contribution in [0.5, 0.6) is 0 Å². The highest BCUT2D eigenvalue weighted by molar-refractivity contribution is 6.04. The number of anilines is 1. The molecule has 0 bridgehead atoms. The molecule has 2 atom stereocenters. The summed E-state index contributed by atoms with van der Waals surface area (Å²) in [6.07, 6.45) is 5.04. The van der Waals surface area contributed by atoms with Gasteiger partial charge < -0.3 is 16.0 Å². The minimum Gasteiger partial charge on any atom is -0.343 e. The predicted octanol–water partition coefficient (Wildman–Crippen LogP) is 3.52. The number of nitrogens with zero attached hydrogens (tertiary/aromatic N) is 2. The van der Waals surface area contributed by atoms with E-state index in [1.807, 2.05) is 30.3 Å². The Morgan fingerprint density at radius 3 is 2.55 bits per heavy atom. The molecule has 1 aromatic heterocycles. The third kappa shape index (κ3) is 4.64. The van der Waals surface area contributed by atoms with E-state index in [4.69, 9.17) is 5.73 Å². The SMILES string of the molecule is CN(CC(N)c1ccc(C(=O)Nc2ccncc2)cc1)C(=O)C1CCc2ccccc21. The highest BCUT2D eigenvalue weighted by Gasteiger charge is 2.30. The Bertz CT molecular complexity index is 1070. The van der Waals surface area contributed by atoms with Crippen LogP contribution in [0.1, 0.15) is 45.4 Å². The zero-order chi connectivity index (χ0) is 21.8. The molecular weight excluding hydrogens is 388 g/mol. The van der Waals surface area contributed by atoms with Crippen LogP contribution in [0.2, 0.25) is 0 Å². The monoisotopic (exact) mass is 414 g/mol. The second-order valence-corrected chi connectivity index (χ2v) is 7.93. The number of pyridine rings is 1. The molecule has 0 radical (unpaired) electrons. The smallest absolute Gasteiger partial charge is 0.255 e. The van der Waals surface area contributed by atoms with E-state index in [2.05, 4.69) is 16.4 Å². The van der Waals surface area contributed by atoms with Gasteiger partial charge in [-0.1, -0.05) is 36.4 Å². The summed E-state index contributed by atoms with van der Waals surface area (Å²) in [4.78, 5) is 31.1. The second-order valence-electron chi connectivity index (χ2n) is 7.93. The van der Waals surface area contributed by atoms with E-state index in [-0.39, 0.29) is 23.8 Å². The lowest BCUT2D eigenvalue weighted by Crippen LogP contribution is -2.36. The van der Waals surface area contributed by atoms with E-state index in [0.717, 1.165) is 24.0 Å². The lowest BCUT2D eigenvalue weighted by atomic mass is 9.99. The van der Waals surface area contributed by atoms with Crippen molar-refractivity contribution in [3.8, 4) is 0 Å². The first-order valence-electron chi connectivity index (χ1n) is 10.4. The van der Waals surface area contributed by atoms with E-state index in [1.165, 1.54) is 5.56 Å². The third-order valence-electron chi connectivity index (χ3n) is 5.82. The van der Waals surface area contributed by atoms with Crippen LogP contribution in [0.15, 0.2) is 73.1 Å². The summed E-state index contributed by atoms with van der Waals surface area (Å²) < 4.78 is 0. The lowest BCUT2D eigenvalue weighted by molar-refractivity contribution is -0.131. The number of benzene rings is 2. The minimum atomic E-state index is -0.331. The molecule has 2 aromatic carbocycles. The van der Waals surface area contributed by atoms with Crippen molar-refractivity contribution < 1.29 is 9.59 Å². The van der Waals surface area contributed by atoms with Crippen molar-refractivity contribution in [3.05, 3.63) is 95.3 Å². The number of hydrogen-bond donors (Lipinski definition) is 2. The zero-order valence-corrected chi connectivity index (χ0v) is 17.5. The van der Waals surface area contributed by atoms with Gasteiger partial charge in [0.2, 0.25) is 5.91 Å². The van der Waals surface area contributed by atoms with Gasteiger partial charge in [0.25, 0.3) is 5.91 Å². The molecule has 0 spiro atoms. The van der Waals surface area contributed by atoms with Gasteiger partial charge in [0, 0.05) is 43.3 Å². The molecule has 6 nitrogen and oxygen atoms in total. The summed E-state index contributed by atoms with van der Waals surface area (Å²) in [5.41, 5.74) is 10.9. The van der Waals surface area contributed by atoms with Gasteiger partial charge in [-0.2, -0.15) is 0 Å². The number of hydrogen-bond acceptors (Lipinski definition) is 4. The summed E-state index contributed by atoms with van der Waals surface area (Å²) in [5.74, 6) is -0.181. The Kier molecular flexibility index (Phi) is 6.09. The Balaban J connectivity index is 1.36. The van der Waals surface area contributed by atoms with E-state index in [1.54, 1.807) is 48.6 Å². The maximum atomic E-state index is 13.0. The zero-order valence-electron chi connectivity index (χ0n) is 17.5. The van der Waals surface area contributed by atoms with Gasteiger partial charge in [0.05, 0.1) is 5.92 Å². The van der Waals surface area contributed by atoms with E-state index < -0.39 is 0 Å². The number of aromatic nitrogens is 1. The number of nitrogens with two attached hydrogens (primary N) is 1. The topological polar surface area (TPSA) is 88.3 Å². The molecule has 6 heteroatoms. The number of carbonyl (C=O) groups is 2. The van der Waals surface area contributed by atoms with Crippen molar-refractivity contribution in [3.63, 3.8) is 0 Å². The van der Waals surface area contributed by atoms with Gasteiger partial charge in [0.15, 0.2) is 0 Å².